The highest BCUT2D eigenvalue weighted by Gasteiger charge is 2.08. The van der Waals surface area contributed by atoms with Crippen LogP contribution in [0.25, 0.3) is 0 Å². The predicted octanol–water partition coefficient (Wildman–Crippen LogP) is 2.53. The third kappa shape index (κ3) is 1.47. The molecule has 0 amide bonds. The molecule has 0 saturated carbocycles. The Bertz CT molecular complexity index is 270. The molecule has 1 heterocycles. The van der Waals surface area contributed by atoms with E-state index in [0.29, 0.717) is 0 Å². The Labute approximate surface area is 74.5 Å². The Balaban J connectivity index is 2.43. The zero-order valence-corrected chi connectivity index (χ0v) is 7.60. The normalized spacial score (nSPS) is 16.1. The van der Waals surface area contributed by atoms with E-state index in [1.807, 2.05) is 12.7 Å². The monoisotopic (exact) mass is 211 g/mol. The Kier molecular flexibility index (Phi) is 1.96. The number of hydrogen-bond acceptors (Lipinski definition) is 1. The molecule has 0 unspecified atom stereocenters. The summed E-state index contributed by atoms with van der Waals surface area (Å²) in [7, 11) is 0. The molecule has 1 aliphatic heterocycles. The van der Waals surface area contributed by atoms with Gasteiger partial charge in [0.1, 0.15) is 6.61 Å². The summed E-state index contributed by atoms with van der Waals surface area (Å²) in [5.74, 6) is 0. The Morgan fingerprint density at radius 2 is 2.27 bits per heavy atom. The van der Waals surface area contributed by atoms with E-state index in [4.69, 9.17) is 4.74 Å². The van der Waals surface area contributed by atoms with Crippen LogP contribution in [0.4, 0.5) is 0 Å². The van der Waals surface area contributed by atoms with E-state index >= 15 is 0 Å². The SMILES string of the molecule is Brc1ccc2c(c1)CCO[CH]2. The first-order valence-corrected chi connectivity index (χ1v) is 4.39. The number of rotatable bonds is 0. The molecular weight excluding hydrogens is 204 g/mol. The summed E-state index contributed by atoms with van der Waals surface area (Å²) < 4.78 is 6.34. The third-order valence-electron chi connectivity index (χ3n) is 1.80. The second kappa shape index (κ2) is 2.95. The minimum absolute atomic E-state index is 0.809. The largest absolute Gasteiger partial charge is 0.370 e. The van der Waals surface area contributed by atoms with E-state index in [2.05, 4.69) is 28.1 Å². The minimum atomic E-state index is 0.809. The van der Waals surface area contributed by atoms with E-state index in [9.17, 15) is 0 Å². The van der Waals surface area contributed by atoms with Gasteiger partial charge in [-0.2, -0.15) is 0 Å². The number of benzene rings is 1. The fourth-order valence-electron chi connectivity index (χ4n) is 1.22. The lowest BCUT2D eigenvalue weighted by atomic mass is 10.0. The molecule has 11 heavy (non-hydrogen) atoms. The summed E-state index contributed by atoms with van der Waals surface area (Å²) in [6.45, 7) is 2.63. The van der Waals surface area contributed by atoms with Crippen molar-refractivity contribution in [1.82, 2.24) is 0 Å². The van der Waals surface area contributed by atoms with Crippen LogP contribution in [0.2, 0.25) is 0 Å². The predicted molar refractivity (Wildman–Crippen MR) is 47.2 cm³/mol. The summed E-state index contributed by atoms with van der Waals surface area (Å²) in [5.41, 5.74) is 2.57. The van der Waals surface area contributed by atoms with Gasteiger partial charge in [-0.15, -0.1) is 0 Å². The van der Waals surface area contributed by atoms with E-state index in [1.165, 1.54) is 11.1 Å². The van der Waals surface area contributed by atoms with Crippen molar-refractivity contribution in [2.24, 2.45) is 0 Å². The van der Waals surface area contributed by atoms with Crippen LogP contribution < -0.4 is 0 Å². The maximum Gasteiger partial charge on any atom is 0.113 e. The van der Waals surface area contributed by atoms with Gasteiger partial charge in [0.15, 0.2) is 0 Å². The molecule has 1 aromatic carbocycles. The van der Waals surface area contributed by atoms with Crippen LogP contribution in [0.1, 0.15) is 11.1 Å². The topological polar surface area (TPSA) is 9.23 Å². The summed E-state index contributed by atoms with van der Waals surface area (Å²) in [5, 5.41) is 0. The lowest BCUT2D eigenvalue weighted by molar-refractivity contribution is 0.203. The second-order valence-corrected chi connectivity index (χ2v) is 3.50. The van der Waals surface area contributed by atoms with Crippen LogP contribution in [0.3, 0.4) is 0 Å². The first-order chi connectivity index (χ1) is 5.36. The van der Waals surface area contributed by atoms with Crippen molar-refractivity contribution in [2.75, 3.05) is 6.61 Å². The first-order valence-electron chi connectivity index (χ1n) is 3.59. The molecule has 0 saturated heterocycles. The molecule has 0 N–H and O–H groups in total. The highest BCUT2D eigenvalue weighted by atomic mass is 79.9. The molecule has 1 aliphatic rings. The third-order valence-corrected chi connectivity index (χ3v) is 2.30. The van der Waals surface area contributed by atoms with Crippen LogP contribution in [0, 0.1) is 6.61 Å². The van der Waals surface area contributed by atoms with Gasteiger partial charge in [-0.25, -0.2) is 0 Å². The zero-order valence-electron chi connectivity index (χ0n) is 6.01. The molecule has 57 valence electrons. The lowest BCUT2D eigenvalue weighted by Crippen LogP contribution is -2.07. The summed E-state index contributed by atoms with van der Waals surface area (Å²) in [6.07, 6.45) is 1.02. The second-order valence-electron chi connectivity index (χ2n) is 2.58. The van der Waals surface area contributed by atoms with Gasteiger partial charge in [0.05, 0.1) is 6.61 Å². The molecule has 0 fully saturated rings. The Morgan fingerprint density at radius 3 is 3.18 bits per heavy atom. The smallest absolute Gasteiger partial charge is 0.113 e. The van der Waals surface area contributed by atoms with E-state index in [-0.39, 0.29) is 0 Å². The van der Waals surface area contributed by atoms with Gasteiger partial charge in [-0.1, -0.05) is 22.0 Å². The standard InChI is InChI=1S/C9H8BrO/c10-9-2-1-8-6-11-4-3-7(8)5-9/h1-2,5-6H,3-4H2. The fraction of sp³-hybridized carbons (Fsp3) is 0.222. The van der Waals surface area contributed by atoms with Crippen molar-refractivity contribution in [3.05, 3.63) is 40.4 Å². The van der Waals surface area contributed by atoms with Crippen LogP contribution in [0.5, 0.6) is 0 Å². The van der Waals surface area contributed by atoms with Crippen molar-refractivity contribution < 1.29 is 4.74 Å². The summed E-state index contributed by atoms with van der Waals surface area (Å²) >= 11 is 3.44. The fourth-order valence-corrected chi connectivity index (χ4v) is 1.63. The Hall–Kier alpha value is -0.340. The van der Waals surface area contributed by atoms with Gasteiger partial charge in [-0.3, -0.25) is 0 Å². The number of halogens is 1. The average molecular weight is 212 g/mol. The van der Waals surface area contributed by atoms with Crippen molar-refractivity contribution >= 4 is 15.9 Å². The molecule has 1 radical (unpaired) electrons. The summed E-state index contributed by atoms with van der Waals surface area (Å²) in [6, 6.07) is 6.25. The van der Waals surface area contributed by atoms with Crippen molar-refractivity contribution in [2.45, 2.75) is 6.42 Å². The maximum atomic E-state index is 5.20. The molecule has 0 aromatic heterocycles. The Morgan fingerprint density at radius 1 is 1.36 bits per heavy atom. The quantitative estimate of drug-likeness (QED) is 0.642. The molecule has 0 aliphatic carbocycles. The average Bonchev–Trinajstić information content (AvgIpc) is 2.04. The van der Waals surface area contributed by atoms with Crippen molar-refractivity contribution in [1.29, 1.82) is 0 Å². The molecule has 0 atom stereocenters. The number of hydrogen-bond donors (Lipinski definition) is 0. The van der Waals surface area contributed by atoms with Gasteiger partial charge in [-0.05, 0) is 29.7 Å². The van der Waals surface area contributed by atoms with E-state index < -0.39 is 0 Å². The highest BCUT2D eigenvalue weighted by molar-refractivity contribution is 9.10. The van der Waals surface area contributed by atoms with Crippen LogP contribution in [-0.4, -0.2) is 6.61 Å². The van der Waals surface area contributed by atoms with Gasteiger partial charge in [0, 0.05) is 4.47 Å². The van der Waals surface area contributed by atoms with Crippen LogP contribution in [0.15, 0.2) is 22.7 Å². The molecule has 0 spiro atoms. The van der Waals surface area contributed by atoms with E-state index in [0.717, 1.165) is 17.5 Å². The molecule has 0 bridgehead atoms. The van der Waals surface area contributed by atoms with Gasteiger partial charge in [0.2, 0.25) is 0 Å². The van der Waals surface area contributed by atoms with Crippen molar-refractivity contribution in [3.8, 4) is 0 Å². The molecule has 1 nitrogen and oxygen atoms in total. The van der Waals surface area contributed by atoms with Crippen LogP contribution >= 0.6 is 15.9 Å². The minimum Gasteiger partial charge on any atom is -0.370 e. The maximum absolute atomic E-state index is 5.20. The number of fused-ring (bicyclic) bond motifs is 1. The molecule has 1 aromatic rings. The van der Waals surface area contributed by atoms with E-state index in [1.54, 1.807) is 0 Å². The highest BCUT2D eigenvalue weighted by Crippen LogP contribution is 2.21. The zero-order chi connectivity index (χ0) is 7.68. The van der Waals surface area contributed by atoms with Gasteiger partial charge < -0.3 is 4.74 Å². The number of ether oxygens (including phenoxy) is 1. The van der Waals surface area contributed by atoms with Crippen LogP contribution in [-0.2, 0) is 11.2 Å². The first kappa shape index (κ1) is 7.32. The molecular formula is C9H8BrO. The van der Waals surface area contributed by atoms with Gasteiger partial charge in [0.25, 0.3) is 0 Å². The molecule has 2 rings (SSSR count). The van der Waals surface area contributed by atoms with Crippen molar-refractivity contribution in [3.63, 3.8) is 0 Å². The lowest BCUT2D eigenvalue weighted by Gasteiger charge is -2.15. The molecule has 2 heteroatoms. The van der Waals surface area contributed by atoms with Gasteiger partial charge >= 0.3 is 0 Å². The summed E-state index contributed by atoms with van der Waals surface area (Å²) in [4.78, 5) is 0.